The lowest BCUT2D eigenvalue weighted by Gasteiger charge is -2.32. The van der Waals surface area contributed by atoms with Crippen LogP contribution in [0.15, 0.2) is 41.5 Å². The van der Waals surface area contributed by atoms with E-state index < -0.39 is 0 Å². The first kappa shape index (κ1) is 16.4. The summed E-state index contributed by atoms with van der Waals surface area (Å²) in [7, 11) is 0. The van der Waals surface area contributed by atoms with Crippen molar-refractivity contribution in [1.82, 2.24) is 24.4 Å². The van der Waals surface area contributed by atoms with Gasteiger partial charge in [-0.15, -0.1) is 11.3 Å². The van der Waals surface area contributed by atoms with Crippen LogP contribution in [-0.4, -0.2) is 37.5 Å². The quantitative estimate of drug-likeness (QED) is 0.705. The number of nitrogens with zero attached hydrogens (tertiary/aromatic N) is 5. The van der Waals surface area contributed by atoms with Gasteiger partial charge in [-0.3, -0.25) is 9.88 Å². The standard InChI is InChI=1S/C19H23N5S/c1-15-4-2-6-17(22-15)11-23-8-3-5-16(10-23)19-20-7-9-24(19)12-18-13-25-14-21-18/h2,4,6-7,9,13-14,16H,3,5,8,10-12H2,1H3/t16-/m0/s1. The summed E-state index contributed by atoms with van der Waals surface area (Å²) in [5, 5.41) is 2.11. The van der Waals surface area contributed by atoms with Crippen molar-refractivity contribution >= 4 is 11.3 Å². The molecule has 3 aromatic heterocycles. The maximum Gasteiger partial charge on any atom is 0.113 e. The van der Waals surface area contributed by atoms with Crippen molar-refractivity contribution in [1.29, 1.82) is 0 Å². The first-order chi connectivity index (χ1) is 12.3. The van der Waals surface area contributed by atoms with E-state index in [4.69, 9.17) is 0 Å². The number of likely N-dealkylation sites (tertiary alicyclic amines) is 1. The lowest BCUT2D eigenvalue weighted by molar-refractivity contribution is 0.193. The van der Waals surface area contributed by atoms with Gasteiger partial charge in [-0.05, 0) is 38.4 Å². The van der Waals surface area contributed by atoms with Gasteiger partial charge in [0, 0.05) is 42.5 Å². The molecule has 0 N–H and O–H groups in total. The Labute approximate surface area is 152 Å². The van der Waals surface area contributed by atoms with E-state index in [2.05, 4.69) is 61.1 Å². The summed E-state index contributed by atoms with van der Waals surface area (Å²) in [5.74, 6) is 1.67. The number of hydrogen-bond acceptors (Lipinski definition) is 5. The average Bonchev–Trinajstić information content (AvgIpc) is 3.27. The van der Waals surface area contributed by atoms with Gasteiger partial charge in [-0.1, -0.05) is 6.07 Å². The fraction of sp³-hybridized carbons (Fsp3) is 0.421. The average molecular weight is 353 g/mol. The minimum Gasteiger partial charge on any atom is -0.329 e. The van der Waals surface area contributed by atoms with E-state index in [1.165, 1.54) is 18.7 Å². The summed E-state index contributed by atoms with van der Waals surface area (Å²) in [6.07, 6.45) is 6.41. The van der Waals surface area contributed by atoms with Gasteiger partial charge in [0.15, 0.2) is 0 Å². The predicted molar refractivity (Wildman–Crippen MR) is 99.7 cm³/mol. The second kappa shape index (κ2) is 7.45. The Hall–Kier alpha value is -2.05. The van der Waals surface area contributed by atoms with Crippen LogP contribution < -0.4 is 0 Å². The van der Waals surface area contributed by atoms with Crippen molar-refractivity contribution < 1.29 is 0 Å². The highest BCUT2D eigenvalue weighted by Gasteiger charge is 2.25. The lowest BCUT2D eigenvalue weighted by atomic mass is 9.97. The highest BCUT2D eigenvalue weighted by molar-refractivity contribution is 7.07. The zero-order chi connectivity index (χ0) is 17.1. The van der Waals surface area contributed by atoms with Crippen LogP contribution in [0, 0.1) is 6.92 Å². The van der Waals surface area contributed by atoms with Crippen molar-refractivity contribution in [3.05, 3.63) is 64.4 Å². The van der Waals surface area contributed by atoms with Crippen molar-refractivity contribution in [2.24, 2.45) is 0 Å². The molecule has 4 rings (SSSR count). The van der Waals surface area contributed by atoms with Gasteiger partial charge >= 0.3 is 0 Å². The highest BCUT2D eigenvalue weighted by atomic mass is 32.1. The van der Waals surface area contributed by atoms with Gasteiger partial charge in [-0.2, -0.15) is 0 Å². The SMILES string of the molecule is Cc1cccc(CN2CCC[C@H](c3nccn3Cc3cscn3)C2)n1. The summed E-state index contributed by atoms with van der Waals surface area (Å²) in [6.45, 7) is 5.97. The number of hydrogen-bond donors (Lipinski definition) is 0. The van der Waals surface area contributed by atoms with Crippen LogP contribution in [0.4, 0.5) is 0 Å². The Morgan fingerprint density at radius 1 is 1.20 bits per heavy atom. The number of aryl methyl sites for hydroxylation is 1. The summed E-state index contributed by atoms with van der Waals surface area (Å²) < 4.78 is 2.26. The molecule has 1 fully saturated rings. The van der Waals surface area contributed by atoms with Crippen LogP contribution in [0.1, 0.15) is 41.7 Å². The molecule has 4 heterocycles. The fourth-order valence-electron chi connectivity index (χ4n) is 3.63. The molecule has 0 amide bonds. The molecule has 0 saturated carbocycles. The van der Waals surface area contributed by atoms with Crippen molar-refractivity contribution in [3.8, 4) is 0 Å². The highest BCUT2D eigenvalue weighted by Crippen LogP contribution is 2.27. The van der Waals surface area contributed by atoms with Crippen LogP contribution in [0.2, 0.25) is 0 Å². The van der Waals surface area contributed by atoms with Crippen molar-refractivity contribution in [3.63, 3.8) is 0 Å². The maximum atomic E-state index is 4.67. The van der Waals surface area contributed by atoms with Gasteiger partial charge in [0.1, 0.15) is 5.82 Å². The Morgan fingerprint density at radius 2 is 2.16 bits per heavy atom. The molecule has 3 aromatic rings. The molecule has 0 aromatic carbocycles. The molecule has 0 spiro atoms. The fourth-order valence-corrected chi connectivity index (χ4v) is 4.18. The number of imidazole rings is 1. The van der Waals surface area contributed by atoms with E-state index in [9.17, 15) is 0 Å². The zero-order valence-corrected chi connectivity index (χ0v) is 15.3. The van der Waals surface area contributed by atoms with E-state index in [1.807, 2.05) is 11.7 Å². The predicted octanol–water partition coefficient (Wildman–Crippen LogP) is 3.47. The molecule has 25 heavy (non-hydrogen) atoms. The molecular formula is C19H23N5S. The molecule has 5 nitrogen and oxygen atoms in total. The minimum absolute atomic E-state index is 0.479. The normalized spacial score (nSPS) is 18.5. The third kappa shape index (κ3) is 3.96. The molecule has 1 aliphatic heterocycles. The molecular weight excluding hydrogens is 330 g/mol. The van der Waals surface area contributed by atoms with Crippen molar-refractivity contribution in [2.45, 2.75) is 38.8 Å². The first-order valence-electron chi connectivity index (χ1n) is 8.81. The van der Waals surface area contributed by atoms with Crippen LogP contribution in [0.25, 0.3) is 0 Å². The third-order valence-corrected chi connectivity index (χ3v) is 5.40. The molecule has 0 radical (unpaired) electrons. The third-order valence-electron chi connectivity index (χ3n) is 4.77. The van der Waals surface area contributed by atoms with E-state index in [0.29, 0.717) is 5.92 Å². The van der Waals surface area contributed by atoms with Crippen LogP contribution in [0.5, 0.6) is 0 Å². The first-order valence-corrected chi connectivity index (χ1v) is 9.75. The largest absolute Gasteiger partial charge is 0.329 e. The number of aromatic nitrogens is 4. The van der Waals surface area contributed by atoms with Crippen LogP contribution in [-0.2, 0) is 13.1 Å². The summed E-state index contributed by atoms with van der Waals surface area (Å²) in [5.41, 5.74) is 5.25. The Balaban J connectivity index is 1.45. The number of thiazole rings is 1. The molecule has 130 valence electrons. The van der Waals surface area contributed by atoms with Gasteiger partial charge in [-0.25, -0.2) is 9.97 Å². The summed E-state index contributed by atoms with van der Waals surface area (Å²) in [4.78, 5) is 16.2. The number of rotatable bonds is 5. The molecule has 0 unspecified atom stereocenters. The van der Waals surface area contributed by atoms with E-state index >= 15 is 0 Å². The zero-order valence-electron chi connectivity index (χ0n) is 14.5. The number of piperidine rings is 1. The molecule has 1 saturated heterocycles. The van der Waals surface area contributed by atoms with E-state index in [-0.39, 0.29) is 0 Å². The molecule has 0 bridgehead atoms. The minimum atomic E-state index is 0.479. The number of pyridine rings is 1. The second-order valence-corrected chi connectivity index (χ2v) is 7.46. The van der Waals surface area contributed by atoms with E-state index in [0.717, 1.165) is 43.3 Å². The second-order valence-electron chi connectivity index (χ2n) is 6.74. The van der Waals surface area contributed by atoms with Crippen LogP contribution >= 0.6 is 11.3 Å². The summed E-state index contributed by atoms with van der Waals surface area (Å²) >= 11 is 1.65. The van der Waals surface area contributed by atoms with Crippen molar-refractivity contribution in [2.75, 3.05) is 13.1 Å². The monoisotopic (exact) mass is 353 g/mol. The topological polar surface area (TPSA) is 46.8 Å². The summed E-state index contributed by atoms with van der Waals surface area (Å²) in [6, 6.07) is 6.28. The molecule has 1 atom stereocenters. The smallest absolute Gasteiger partial charge is 0.113 e. The Kier molecular flexibility index (Phi) is 4.90. The van der Waals surface area contributed by atoms with Gasteiger partial charge in [0.25, 0.3) is 0 Å². The van der Waals surface area contributed by atoms with E-state index in [1.54, 1.807) is 11.3 Å². The Bertz CT molecular complexity index is 811. The molecule has 1 aliphatic rings. The lowest BCUT2D eigenvalue weighted by Crippen LogP contribution is -2.35. The Morgan fingerprint density at radius 3 is 3.00 bits per heavy atom. The van der Waals surface area contributed by atoms with Gasteiger partial charge < -0.3 is 4.57 Å². The van der Waals surface area contributed by atoms with Gasteiger partial charge in [0.2, 0.25) is 0 Å². The maximum absolute atomic E-state index is 4.67. The molecule has 6 heteroatoms. The van der Waals surface area contributed by atoms with Gasteiger partial charge in [0.05, 0.1) is 23.4 Å². The molecule has 0 aliphatic carbocycles. The van der Waals surface area contributed by atoms with Crippen LogP contribution in [0.3, 0.4) is 0 Å².